The quantitative estimate of drug-likeness (QED) is 0.822. The van der Waals surface area contributed by atoms with Crippen LogP contribution in [0.2, 0.25) is 0 Å². The number of hydrogen-bond donors (Lipinski definition) is 1. The number of rotatable bonds is 4. The highest BCUT2D eigenvalue weighted by atomic mass is 79.9. The third-order valence-electron chi connectivity index (χ3n) is 2.39. The Morgan fingerprint density at radius 3 is 2.61 bits per heavy atom. The summed E-state index contributed by atoms with van der Waals surface area (Å²) in [5.74, 6) is 2.46. The first-order chi connectivity index (χ1) is 8.40. The van der Waals surface area contributed by atoms with Crippen LogP contribution in [0.3, 0.4) is 0 Å². The summed E-state index contributed by atoms with van der Waals surface area (Å²) < 4.78 is 38.3. The van der Waals surface area contributed by atoms with Crippen molar-refractivity contribution in [3.63, 3.8) is 0 Å². The molecule has 0 bridgehead atoms. The molecule has 0 aliphatic carbocycles. The summed E-state index contributed by atoms with van der Waals surface area (Å²) >= 11 is 2.90. The van der Waals surface area contributed by atoms with Gasteiger partial charge in [-0.2, -0.15) is 13.2 Å². The summed E-state index contributed by atoms with van der Waals surface area (Å²) in [7, 11) is 0. The topological polar surface area (TPSA) is 12.0 Å². The molecule has 0 aliphatic rings. The van der Waals surface area contributed by atoms with Gasteiger partial charge in [0.15, 0.2) is 0 Å². The normalized spacial score (nSPS) is 13.1. The second kappa shape index (κ2) is 6.26. The zero-order valence-corrected chi connectivity index (χ0v) is 11.4. The minimum absolute atomic E-state index is 0.0185. The first kappa shape index (κ1) is 15.1. The number of alkyl halides is 3. The summed E-state index contributed by atoms with van der Waals surface area (Å²) in [5.41, 5.74) is -0.264. The van der Waals surface area contributed by atoms with Gasteiger partial charge in [0.2, 0.25) is 0 Å². The molecule has 1 aromatic carbocycles. The zero-order chi connectivity index (χ0) is 13.8. The second-order valence-electron chi connectivity index (χ2n) is 3.79. The van der Waals surface area contributed by atoms with Gasteiger partial charge in [-0.15, -0.1) is 6.42 Å². The standard InChI is InChI=1S/C13H13BrF3N/c1-3-7-18-12(4-2)9-5-6-11(14)10(8-9)13(15,16)17/h2,5-6,8,12,18H,3,7H2,1H3. The number of terminal acetylenes is 1. The molecule has 0 heterocycles. The molecule has 1 nitrogen and oxygen atoms in total. The van der Waals surface area contributed by atoms with Crippen molar-refractivity contribution >= 4 is 15.9 Å². The first-order valence-electron chi connectivity index (χ1n) is 5.46. The van der Waals surface area contributed by atoms with Crippen LogP contribution in [0.1, 0.15) is 30.5 Å². The lowest BCUT2D eigenvalue weighted by atomic mass is 10.0. The summed E-state index contributed by atoms with van der Waals surface area (Å²) in [6.45, 7) is 2.62. The van der Waals surface area contributed by atoms with Crippen molar-refractivity contribution in [3.8, 4) is 12.3 Å². The Kier molecular flexibility index (Phi) is 5.24. The van der Waals surface area contributed by atoms with Crippen molar-refractivity contribution in [1.29, 1.82) is 0 Å². The molecule has 0 radical (unpaired) electrons. The van der Waals surface area contributed by atoms with Gasteiger partial charge in [-0.1, -0.05) is 34.8 Å². The SMILES string of the molecule is C#CC(NCCC)c1ccc(Br)c(C(F)(F)F)c1. The van der Waals surface area contributed by atoms with Crippen molar-refractivity contribution in [1.82, 2.24) is 5.32 Å². The number of benzene rings is 1. The van der Waals surface area contributed by atoms with Gasteiger partial charge in [0.1, 0.15) is 0 Å². The van der Waals surface area contributed by atoms with E-state index in [1.165, 1.54) is 6.07 Å². The number of hydrogen-bond acceptors (Lipinski definition) is 1. The van der Waals surface area contributed by atoms with E-state index >= 15 is 0 Å². The van der Waals surface area contributed by atoms with E-state index in [1.54, 1.807) is 6.07 Å². The number of halogens is 4. The zero-order valence-electron chi connectivity index (χ0n) is 9.81. The third-order valence-corrected chi connectivity index (χ3v) is 3.09. The molecule has 0 saturated carbocycles. The first-order valence-corrected chi connectivity index (χ1v) is 6.25. The molecule has 1 rings (SSSR count). The Bertz CT molecular complexity index is 449. The minimum Gasteiger partial charge on any atom is -0.300 e. The smallest absolute Gasteiger partial charge is 0.300 e. The lowest BCUT2D eigenvalue weighted by molar-refractivity contribution is -0.138. The van der Waals surface area contributed by atoms with Crippen LogP contribution in [-0.4, -0.2) is 6.54 Å². The maximum Gasteiger partial charge on any atom is 0.417 e. The summed E-state index contributed by atoms with van der Waals surface area (Å²) in [4.78, 5) is 0. The van der Waals surface area contributed by atoms with Gasteiger partial charge in [-0.05, 0) is 30.7 Å². The molecule has 0 spiro atoms. The monoisotopic (exact) mass is 319 g/mol. The second-order valence-corrected chi connectivity index (χ2v) is 4.65. The van der Waals surface area contributed by atoms with E-state index in [1.807, 2.05) is 6.92 Å². The fraction of sp³-hybridized carbons (Fsp3) is 0.385. The van der Waals surface area contributed by atoms with Crippen molar-refractivity contribution in [3.05, 3.63) is 33.8 Å². The highest BCUT2D eigenvalue weighted by molar-refractivity contribution is 9.10. The average molecular weight is 320 g/mol. The largest absolute Gasteiger partial charge is 0.417 e. The Hall–Kier alpha value is -0.990. The fourth-order valence-electron chi connectivity index (χ4n) is 1.50. The van der Waals surface area contributed by atoms with Crippen molar-refractivity contribution < 1.29 is 13.2 Å². The maximum atomic E-state index is 12.7. The van der Waals surface area contributed by atoms with E-state index in [4.69, 9.17) is 6.42 Å². The predicted octanol–water partition coefficient (Wildman–Crippen LogP) is 4.14. The van der Waals surface area contributed by atoms with E-state index < -0.39 is 17.8 Å². The van der Waals surface area contributed by atoms with Gasteiger partial charge < -0.3 is 5.32 Å². The van der Waals surface area contributed by atoms with Crippen LogP contribution in [0.25, 0.3) is 0 Å². The van der Waals surface area contributed by atoms with Gasteiger partial charge in [0.05, 0.1) is 11.6 Å². The van der Waals surface area contributed by atoms with Crippen LogP contribution in [0.15, 0.2) is 22.7 Å². The molecule has 98 valence electrons. The molecule has 1 atom stereocenters. The molecule has 5 heteroatoms. The van der Waals surface area contributed by atoms with Crippen molar-refractivity contribution in [2.45, 2.75) is 25.6 Å². The van der Waals surface area contributed by atoms with E-state index in [0.717, 1.165) is 12.5 Å². The van der Waals surface area contributed by atoms with Gasteiger partial charge >= 0.3 is 6.18 Å². The molecular formula is C13H13BrF3N. The van der Waals surface area contributed by atoms with E-state index in [2.05, 4.69) is 27.2 Å². The van der Waals surface area contributed by atoms with Gasteiger partial charge in [-0.25, -0.2) is 0 Å². The van der Waals surface area contributed by atoms with Crippen LogP contribution in [-0.2, 0) is 6.18 Å². The van der Waals surface area contributed by atoms with Crippen molar-refractivity contribution in [2.24, 2.45) is 0 Å². The molecule has 0 saturated heterocycles. The highest BCUT2D eigenvalue weighted by Gasteiger charge is 2.33. The average Bonchev–Trinajstić information content (AvgIpc) is 2.30. The van der Waals surface area contributed by atoms with E-state index in [0.29, 0.717) is 12.1 Å². The van der Waals surface area contributed by atoms with Crippen molar-refractivity contribution in [2.75, 3.05) is 6.54 Å². The van der Waals surface area contributed by atoms with E-state index in [9.17, 15) is 13.2 Å². The minimum atomic E-state index is -4.39. The van der Waals surface area contributed by atoms with Crippen LogP contribution >= 0.6 is 15.9 Å². The third kappa shape index (κ3) is 3.76. The molecule has 0 aromatic heterocycles. The van der Waals surface area contributed by atoms with Crippen LogP contribution in [0.5, 0.6) is 0 Å². The Morgan fingerprint density at radius 1 is 1.44 bits per heavy atom. The Morgan fingerprint density at radius 2 is 2.11 bits per heavy atom. The Balaban J connectivity index is 3.07. The summed E-state index contributed by atoms with van der Waals surface area (Å²) in [6.07, 6.45) is 1.81. The predicted molar refractivity (Wildman–Crippen MR) is 69.0 cm³/mol. The Labute approximate surface area is 113 Å². The molecule has 1 unspecified atom stereocenters. The molecule has 1 aromatic rings. The number of nitrogens with one attached hydrogen (secondary N) is 1. The van der Waals surface area contributed by atoms with Crippen LogP contribution in [0, 0.1) is 12.3 Å². The van der Waals surface area contributed by atoms with Gasteiger partial charge in [0.25, 0.3) is 0 Å². The van der Waals surface area contributed by atoms with Gasteiger partial charge in [0, 0.05) is 4.47 Å². The maximum absolute atomic E-state index is 12.7. The van der Waals surface area contributed by atoms with Crippen LogP contribution in [0.4, 0.5) is 13.2 Å². The highest BCUT2D eigenvalue weighted by Crippen LogP contribution is 2.36. The molecule has 0 aliphatic heterocycles. The molecular weight excluding hydrogens is 307 g/mol. The van der Waals surface area contributed by atoms with E-state index in [-0.39, 0.29) is 4.47 Å². The van der Waals surface area contributed by atoms with Gasteiger partial charge in [-0.3, -0.25) is 0 Å². The lowest BCUT2D eigenvalue weighted by Crippen LogP contribution is -2.21. The summed E-state index contributed by atoms with van der Waals surface area (Å²) in [5, 5.41) is 3.01. The molecule has 1 N–H and O–H groups in total. The fourth-order valence-corrected chi connectivity index (χ4v) is 1.97. The molecule has 18 heavy (non-hydrogen) atoms. The lowest BCUT2D eigenvalue weighted by Gasteiger charge is -2.16. The molecule has 0 amide bonds. The summed E-state index contributed by atoms with van der Waals surface area (Å²) in [6, 6.07) is 3.54. The molecule has 0 fully saturated rings. The van der Waals surface area contributed by atoms with Crippen LogP contribution < -0.4 is 5.32 Å².